The summed E-state index contributed by atoms with van der Waals surface area (Å²) in [6.07, 6.45) is 0.135. The summed E-state index contributed by atoms with van der Waals surface area (Å²) >= 11 is 0. The first-order valence-electron chi connectivity index (χ1n) is 5.44. The number of rotatable bonds is 7. The molecule has 0 aliphatic heterocycles. The molecule has 0 amide bonds. The molecule has 3 nitrogen and oxygen atoms in total. The van der Waals surface area contributed by atoms with Crippen molar-refractivity contribution in [2.75, 3.05) is 13.2 Å². The number of halogens is 2. The minimum Gasteiger partial charge on any atom is -0.435 e. The molecule has 0 spiro atoms. The zero-order valence-corrected chi connectivity index (χ0v) is 9.61. The van der Waals surface area contributed by atoms with E-state index >= 15 is 0 Å². The molecule has 1 N–H and O–H groups in total. The van der Waals surface area contributed by atoms with Gasteiger partial charge in [-0.15, -0.1) is 0 Å². The van der Waals surface area contributed by atoms with E-state index in [2.05, 4.69) is 4.74 Å². The zero-order valence-electron chi connectivity index (χ0n) is 9.61. The van der Waals surface area contributed by atoms with Crippen LogP contribution in [-0.2, 0) is 4.74 Å². The Morgan fingerprint density at radius 1 is 1.24 bits per heavy atom. The van der Waals surface area contributed by atoms with Crippen molar-refractivity contribution in [1.82, 2.24) is 0 Å². The van der Waals surface area contributed by atoms with Gasteiger partial charge in [0.1, 0.15) is 11.9 Å². The van der Waals surface area contributed by atoms with Gasteiger partial charge in [0, 0.05) is 6.61 Å². The molecular formula is C12H16F2O3. The minimum absolute atomic E-state index is 0.0745. The molecule has 0 fully saturated rings. The summed E-state index contributed by atoms with van der Waals surface area (Å²) in [5.41, 5.74) is 0.614. The van der Waals surface area contributed by atoms with Crippen molar-refractivity contribution in [1.29, 1.82) is 0 Å². The van der Waals surface area contributed by atoms with Gasteiger partial charge >= 0.3 is 6.61 Å². The van der Waals surface area contributed by atoms with Gasteiger partial charge in [-0.1, -0.05) is 19.1 Å². The van der Waals surface area contributed by atoms with Crippen molar-refractivity contribution in [3.8, 4) is 5.75 Å². The van der Waals surface area contributed by atoms with Gasteiger partial charge in [0.25, 0.3) is 0 Å². The maximum atomic E-state index is 11.9. The average Bonchev–Trinajstić information content (AvgIpc) is 2.29. The van der Waals surface area contributed by atoms with Crippen molar-refractivity contribution < 1.29 is 23.4 Å². The van der Waals surface area contributed by atoms with Gasteiger partial charge < -0.3 is 14.6 Å². The molecule has 0 aliphatic rings. The highest BCUT2D eigenvalue weighted by Gasteiger charge is 2.09. The van der Waals surface area contributed by atoms with Crippen LogP contribution in [0.5, 0.6) is 5.75 Å². The van der Waals surface area contributed by atoms with E-state index in [-0.39, 0.29) is 12.4 Å². The van der Waals surface area contributed by atoms with E-state index in [9.17, 15) is 13.9 Å². The monoisotopic (exact) mass is 246 g/mol. The molecular weight excluding hydrogens is 230 g/mol. The lowest BCUT2D eigenvalue weighted by atomic mass is 10.1. The highest BCUT2D eigenvalue weighted by atomic mass is 19.3. The van der Waals surface area contributed by atoms with Crippen LogP contribution in [0.3, 0.4) is 0 Å². The summed E-state index contributed by atoms with van der Waals surface area (Å²) in [5, 5.41) is 9.71. The van der Waals surface area contributed by atoms with Gasteiger partial charge in [0.15, 0.2) is 0 Å². The van der Waals surface area contributed by atoms with Crippen molar-refractivity contribution in [2.24, 2.45) is 0 Å². The lowest BCUT2D eigenvalue weighted by Gasteiger charge is -2.12. The van der Waals surface area contributed by atoms with E-state index in [1.165, 1.54) is 24.3 Å². The third-order valence-electron chi connectivity index (χ3n) is 2.11. The molecule has 0 saturated heterocycles. The van der Waals surface area contributed by atoms with Crippen LogP contribution in [0, 0.1) is 0 Å². The second-order valence-electron chi connectivity index (χ2n) is 3.54. The number of aliphatic hydroxyl groups excluding tert-OH is 1. The molecule has 1 aromatic carbocycles. The lowest BCUT2D eigenvalue weighted by Crippen LogP contribution is -2.08. The molecule has 17 heavy (non-hydrogen) atoms. The van der Waals surface area contributed by atoms with Gasteiger partial charge in [0.05, 0.1) is 6.61 Å². The van der Waals surface area contributed by atoms with Gasteiger partial charge in [-0.05, 0) is 24.1 Å². The maximum absolute atomic E-state index is 11.9. The van der Waals surface area contributed by atoms with Crippen molar-refractivity contribution in [3.63, 3.8) is 0 Å². The van der Waals surface area contributed by atoms with E-state index < -0.39 is 12.7 Å². The predicted molar refractivity (Wildman–Crippen MR) is 59.1 cm³/mol. The van der Waals surface area contributed by atoms with E-state index in [1.807, 2.05) is 6.92 Å². The molecule has 0 radical (unpaired) electrons. The van der Waals surface area contributed by atoms with Crippen LogP contribution in [0.4, 0.5) is 8.78 Å². The Balaban J connectivity index is 2.48. The molecule has 5 heteroatoms. The zero-order chi connectivity index (χ0) is 12.7. The van der Waals surface area contributed by atoms with Crippen LogP contribution >= 0.6 is 0 Å². The van der Waals surface area contributed by atoms with E-state index in [4.69, 9.17) is 4.74 Å². The molecule has 0 bridgehead atoms. The van der Waals surface area contributed by atoms with Crippen LogP contribution in [0.2, 0.25) is 0 Å². The van der Waals surface area contributed by atoms with E-state index in [0.717, 1.165) is 6.42 Å². The first-order valence-corrected chi connectivity index (χ1v) is 5.44. The summed E-state index contributed by atoms with van der Waals surface area (Å²) in [7, 11) is 0. The third-order valence-corrected chi connectivity index (χ3v) is 2.11. The second-order valence-corrected chi connectivity index (χ2v) is 3.54. The smallest absolute Gasteiger partial charge is 0.387 e. The average molecular weight is 246 g/mol. The molecule has 1 rings (SSSR count). The fraction of sp³-hybridized carbons (Fsp3) is 0.500. The number of hydrogen-bond acceptors (Lipinski definition) is 3. The topological polar surface area (TPSA) is 38.7 Å². The third kappa shape index (κ3) is 5.10. The van der Waals surface area contributed by atoms with E-state index in [0.29, 0.717) is 12.2 Å². The molecule has 0 aliphatic carbocycles. The molecule has 0 saturated carbocycles. The Labute approximate surface area is 99.0 Å². The Morgan fingerprint density at radius 3 is 2.41 bits per heavy atom. The first-order chi connectivity index (χ1) is 8.13. The summed E-state index contributed by atoms with van der Waals surface area (Å²) in [5.74, 6) is 0.0745. The number of aliphatic hydroxyl groups is 1. The summed E-state index contributed by atoms with van der Waals surface area (Å²) in [4.78, 5) is 0. The van der Waals surface area contributed by atoms with Crippen LogP contribution in [0.15, 0.2) is 24.3 Å². The lowest BCUT2D eigenvalue weighted by molar-refractivity contribution is -0.0498. The number of alkyl halides is 2. The van der Waals surface area contributed by atoms with Crippen LogP contribution in [-0.4, -0.2) is 24.9 Å². The quantitative estimate of drug-likeness (QED) is 0.752. The summed E-state index contributed by atoms with van der Waals surface area (Å²) < 4.78 is 33.2. The largest absolute Gasteiger partial charge is 0.435 e. The molecule has 96 valence electrons. The fourth-order valence-electron chi connectivity index (χ4n) is 1.31. The number of benzene rings is 1. The summed E-state index contributed by atoms with van der Waals surface area (Å²) in [6, 6.07) is 5.87. The van der Waals surface area contributed by atoms with Crippen LogP contribution < -0.4 is 4.74 Å². The highest BCUT2D eigenvalue weighted by Crippen LogP contribution is 2.19. The SMILES string of the molecule is CCCOCC(O)c1ccc(OC(F)F)cc1. The maximum Gasteiger partial charge on any atom is 0.387 e. The molecule has 1 unspecified atom stereocenters. The normalized spacial score (nSPS) is 12.8. The van der Waals surface area contributed by atoms with Crippen LogP contribution in [0.1, 0.15) is 25.0 Å². The van der Waals surface area contributed by atoms with Crippen molar-refractivity contribution >= 4 is 0 Å². The standard InChI is InChI=1S/C12H16F2O3/c1-2-7-16-8-11(15)9-3-5-10(6-4-9)17-12(13)14/h3-6,11-12,15H,2,7-8H2,1H3. The molecule has 1 aromatic rings. The van der Waals surface area contributed by atoms with Crippen molar-refractivity contribution in [2.45, 2.75) is 26.1 Å². The van der Waals surface area contributed by atoms with Gasteiger partial charge in [-0.25, -0.2) is 0 Å². The van der Waals surface area contributed by atoms with Crippen molar-refractivity contribution in [3.05, 3.63) is 29.8 Å². The Bertz CT molecular complexity index is 314. The van der Waals surface area contributed by atoms with Gasteiger partial charge in [-0.2, -0.15) is 8.78 Å². The Morgan fingerprint density at radius 2 is 1.88 bits per heavy atom. The Hall–Kier alpha value is -1.20. The van der Waals surface area contributed by atoms with Crippen LogP contribution in [0.25, 0.3) is 0 Å². The Kier molecular flexibility index (Phi) is 5.86. The number of ether oxygens (including phenoxy) is 2. The highest BCUT2D eigenvalue weighted by molar-refractivity contribution is 5.28. The van der Waals surface area contributed by atoms with Gasteiger partial charge in [-0.3, -0.25) is 0 Å². The minimum atomic E-state index is -2.83. The van der Waals surface area contributed by atoms with E-state index in [1.54, 1.807) is 0 Å². The number of hydrogen-bond donors (Lipinski definition) is 1. The molecule has 1 atom stereocenters. The molecule has 0 aromatic heterocycles. The molecule has 0 heterocycles. The summed E-state index contributed by atoms with van der Waals surface area (Å²) in [6.45, 7) is -0.0753. The van der Waals surface area contributed by atoms with Gasteiger partial charge in [0.2, 0.25) is 0 Å². The fourth-order valence-corrected chi connectivity index (χ4v) is 1.31. The predicted octanol–water partition coefficient (Wildman–Crippen LogP) is 2.75. The first kappa shape index (κ1) is 13.9. The second kappa shape index (κ2) is 7.19.